The summed E-state index contributed by atoms with van der Waals surface area (Å²) in [5.74, 6) is 1.06. The summed E-state index contributed by atoms with van der Waals surface area (Å²) in [6.07, 6.45) is 1.03. The molecule has 0 radical (unpaired) electrons. The van der Waals surface area contributed by atoms with Crippen molar-refractivity contribution in [3.05, 3.63) is 35.7 Å². The van der Waals surface area contributed by atoms with Gasteiger partial charge in [-0.2, -0.15) is 5.21 Å². The van der Waals surface area contributed by atoms with Crippen molar-refractivity contribution >= 4 is 5.69 Å². The number of anilines is 1. The van der Waals surface area contributed by atoms with E-state index >= 15 is 0 Å². The molecule has 2 heterocycles. The maximum Gasteiger partial charge on any atom is 0.182 e. The fraction of sp³-hybridized carbons (Fsp3) is 0.364. The summed E-state index contributed by atoms with van der Waals surface area (Å²) in [5, 5.41) is 14.4. The summed E-state index contributed by atoms with van der Waals surface area (Å²) in [4.78, 5) is 2.27. The lowest BCUT2D eigenvalue weighted by Crippen LogP contribution is -2.28. The van der Waals surface area contributed by atoms with E-state index in [4.69, 9.17) is 0 Å². The summed E-state index contributed by atoms with van der Waals surface area (Å²) >= 11 is 0. The predicted octanol–water partition coefficient (Wildman–Crippen LogP) is 1.17. The highest BCUT2D eigenvalue weighted by Crippen LogP contribution is 2.36. The third kappa shape index (κ3) is 1.36. The molecule has 0 saturated carbocycles. The SMILES string of the molecule is CN1CCC(c2nn[nH]n2)c2ccccc21. The van der Waals surface area contributed by atoms with Crippen molar-refractivity contribution in [2.24, 2.45) is 0 Å². The predicted molar refractivity (Wildman–Crippen MR) is 60.3 cm³/mol. The molecule has 16 heavy (non-hydrogen) atoms. The van der Waals surface area contributed by atoms with Gasteiger partial charge in [0.2, 0.25) is 0 Å². The molecule has 82 valence electrons. The van der Waals surface area contributed by atoms with Gasteiger partial charge < -0.3 is 4.90 Å². The largest absolute Gasteiger partial charge is 0.374 e. The number of hydrogen-bond donors (Lipinski definition) is 1. The number of tetrazole rings is 1. The van der Waals surface area contributed by atoms with E-state index in [2.05, 4.69) is 56.8 Å². The van der Waals surface area contributed by atoms with Gasteiger partial charge in [0.1, 0.15) is 0 Å². The molecule has 2 aromatic rings. The zero-order valence-corrected chi connectivity index (χ0v) is 9.09. The first kappa shape index (κ1) is 9.33. The highest BCUT2D eigenvalue weighted by atomic mass is 15.5. The average Bonchev–Trinajstić information content (AvgIpc) is 2.83. The molecule has 0 saturated heterocycles. The minimum absolute atomic E-state index is 0.270. The lowest BCUT2D eigenvalue weighted by molar-refractivity contribution is 0.635. The van der Waals surface area contributed by atoms with Crippen molar-refractivity contribution in [1.29, 1.82) is 0 Å². The smallest absolute Gasteiger partial charge is 0.182 e. The van der Waals surface area contributed by atoms with E-state index in [1.807, 2.05) is 0 Å². The zero-order chi connectivity index (χ0) is 11.0. The lowest BCUT2D eigenvalue weighted by Gasteiger charge is -2.31. The van der Waals surface area contributed by atoms with E-state index in [1.165, 1.54) is 11.3 Å². The number of nitrogens with zero attached hydrogens (tertiary/aromatic N) is 4. The van der Waals surface area contributed by atoms with Crippen LogP contribution in [-0.2, 0) is 0 Å². The lowest BCUT2D eigenvalue weighted by atomic mass is 9.89. The molecule has 5 heteroatoms. The van der Waals surface area contributed by atoms with Gasteiger partial charge >= 0.3 is 0 Å². The number of fused-ring (bicyclic) bond motifs is 1. The van der Waals surface area contributed by atoms with Crippen LogP contribution in [0.1, 0.15) is 23.7 Å². The Hall–Kier alpha value is -1.91. The van der Waals surface area contributed by atoms with Crippen LogP contribution in [-0.4, -0.2) is 34.2 Å². The Balaban J connectivity index is 2.08. The fourth-order valence-corrected chi connectivity index (χ4v) is 2.31. The van der Waals surface area contributed by atoms with Gasteiger partial charge in [-0.3, -0.25) is 0 Å². The number of rotatable bonds is 1. The van der Waals surface area contributed by atoms with Gasteiger partial charge in [-0.25, -0.2) is 0 Å². The van der Waals surface area contributed by atoms with E-state index in [0.717, 1.165) is 18.8 Å². The first-order chi connectivity index (χ1) is 7.86. The molecule has 0 bridgehead atoms. The summed E-state index contributed by atoms with van der Waals surface area (Å²) < 4.78 is 0. The Labute approximate surface area is 93.5 Å². The summed E-state index contributed by atoms with van der Waals surface area (Å²) in [5.41, 5.74) is 2.56. The van der Waals surface area contributed by atoms with Crippen molar-refractivity contribution in [2.75, 3.05) is 18.5 Å². The third-order valence-electron chi connectivity index (χ3n) is 3.15. The highest BCUT2D eigenvalue weighted by molar-refractivity contribution is 5.57. The second-order valence-electron chi connectivity index (χ2n) is 4.09. The molecule has 1 aliphatic heterocycles. The van der Waals surface area contributed by atoms with Crippen LogP contribution >= 0.6 is 0 Å². The van der Waals surface area contributed by atoms with Crippen molar-refractivity contribution in [2.45, 2.75) is 12.3 Å². The molecular weight excluding hydrogens is 202 g/mol. The number of para-hydroxylation sites is 1. The maximum atomic E-state index is 4.10. The summed E-state index contributed by atoms with van der Waals surface area (Å²) in [7, 11) is 2.12. The molecule has 5 nitrogen and oxygen atoms in total. The molecule has 1 unspecified atom stereocenters. The van der Waals surface area contributed by atoms with E-state index in [1.54, 1.807) is 0 Å². The molecule has 0 fully saturated rings. The van der Waals surface area contributed by atoms with Gasteiger partial charge in [0.05, 0.1) is 5.92 Å². The minimum Gasteiger partial charge on any atom is -0.374 e. The molecule has 1 atom stereocenters. The number of nitrogens with one attached hydrogen (secondary N) is 1. The first-order valence-electron chi connectivity index (χ1n) is 5.39. The second-order valence-corrected chi connectivity index (χ2v) is 4.09. The van der Waals surface area contributed by atoms with Crippen LogP contribution < -0.4 is 4.90 Å². The molecule has 1 aromatic carbocycles. The van der Waals surface area contributed by atoms with Gasteiger partial charge in [-0.05, 0) is 18.1 Å². The van der Waals surface area contributed by atoms with Crippen LogP contribution in [0.15, 0.2) is 24.3 Å². The van der Waals surface area contributed by atoms with Gasteiger partial charge in [-0.1, -0.05) is 23.4 Å². The Morgan fingerprint density at radius 2 is 2.25 bits per heavy atom. The number of H-pyrrole nitrogens is 1. The number of benzene rings is 1. The van der Waals surface area contributed by atoms with E-state index < -0.39 is 0 Å². The van der Waals surface area contributed by atoms with Crippen molar-refractivity contribution in [3.8, 4) is 0 Å². The Morgan fingerprint density at radius 3 is 3.06 bits per heavy atom. The Morgan fingerprint density at radius 1 is 1.38 bits per heavy atom. The van der Waals surface area contributed by atoms with Gasteiger partial charge in [0.15, 0.2) is 5.82 Å². The highest BCUT2D eigenvalue weighted by Gasteiger charge is 2.26. The molecular formula is C11H13N5. The standard InChI is InChI=1S/C11H13N5/c1-16-7-6-9(11-12-14-15-13-11)8-4-2-3-5-10(8)16/h2-5,9H,6-7H2,1H3,(H,12,13,14,15). The molecule has 0 aliphatic carbocycles. The third-order valence-corrected chi connectivity index (χ3v) is 3.15. The van der Waals surface area contributed by atoms with E-state index in [-0.39, 0.29) is 5.92 Å². The van der Waals surface area contributed by atoms with Crippen LogP contribution in [0.5, 0.6) is 0 Å². The monoisotopic (exact) mass is 215 g/mol. The van der Waals surface area contributed by atoms with Crippen LogP contribution in [0.4, 0.5) is 5.69 Å². The second kappa shape index (κ2) is 3.59. The number of aromatic amines is 1. The maximum absolute atomic E-state index is 4.10. The average molecular weight is 215 g/mol. The molecule has 0 amide bonds. The van der Waals surface area contributed by atoms with Crippen LogP contribution in [0.2, 0.25) is 0 Å². The zero-order valence-electron chi connectivity index (χ0n) is 9.09. The van der Waals surface area contributed by atoms with Gasteiger partial charge in [0, 0.05) is 19.3 Å². The number of aromatic nitrogens is 4. The van der Waals surface area contributed by atoms with Crippen LogP contribution in [0.3, 0.4) is 0 Å². The Kier molecular flexibility index (Phi) is 2.09. The minimum atomic E-state index is 0.270. The quantitative estimate of drug-likeness (QED) is 0.775. The number of hydrogen-bond acceptors (Lipinski definition) is 4. The topological polar surface area (TPSA) is 57.7 Å². The van der Waals surface area contributed by atoms with Crippen LogP contribution in [0, 0.1) is 0 Å². The van der Waals surface area contributed by atoms with Gasteiger partial charge in [0.25, 0.3) is 0 Å². The molecule has 0 spiro atoms. The van der Waals surface area contributed by atoms with Crippen molar-refractivity contribution < 1.29 is 0 Å². The molecule has 1 aromatic heterocycles. The van der Waals surface area contributed by atoms with E-state index in [0.29, 0.717) is 0 Å². The molecule has 1 aliphatic rings. The first-order valence-corrected chi connectivity index (χ1v) is 5.39. The molecule has 3 rings (SSSR count). The van der Waals surface area contributed by atoms with Gasteiger partial charge in [-0.15, -0.1) is 10.2 Å². The summed E-state index contributed by atoms with van der Waals surface area (Å²) in [6, 6.07) is 8.41. The molecule has 1 N–H and O–H groups in total. The fourth-order valence-electron chi connectivity index (χ4n) is 2.31. The van der Waals surface area contributed by atoms with Crippen molar-refractivity contribution in [3.63, 3.8) is 0 Å². The Bertz CT molecular complexity index is 479. The van der Waals surface area contributed by atoms with Crippen molar-refractivity contribution in [1.82, 2.24) is 20.6 Å². The normalized spacial score (nSPS) is 19.6. The van der Waals surface area contributed by atoms with Crippen LogP contribution in [0.25, 0.3) is 0 Å². The van der Waals surface area contributed by atoms with E-state index in [9.17, 15) is 0 Å². The summed E-state index contributed by atoms with van der Waals surface area (Å²) in [6.45, 7) is 1.02.